The molecule has 0 aromatic carbocycles. The maximum Gasteiger partial charge on any atom is 0.457 e. The summed E-state index contributed by atoms with van der Waals surface area (Å²) in [4.78, 5) is 0. The van der Waals surface area contributed by atoms with Crippen LogP contribution in [0.4, 0.5) is 0 Å². The Bertz CT molecular complexity index is 139. The van der Waals surface area contributed by atoms with Crippen LogP contribution in [0.15, 0.2) is 0 Å². The number of unbranched alkanes of at least 4 members (excludes halogenated alkanes) is 1. The molecule has 0 saturated heterocycles. The van der Waals surface area contributed by atoms with Gasteiger partial charge in [0, 0.05) is 5.33 Å². The molecule has 0 aromatic heterocycles. The van der Waals surface area contributed by atoms with Crippen LogP contribution in [0.2, 0.25) is 11.6 Å². The first-order chi connectivity index (χ1) is 6.71. The van der Waals surface area contributed by atoms with E-state index in [1.165, 1.54) is 0 Å². The summed E-state index contributed by atoms with van der Waals surface area (Å²) in [6, 6.07) is 0. The number of alkyl halides is 1. The Balaban J connectivity index is 0. The fraction of sp³-hybridized carbons (Fsp3) is 1.00. The summed E-state index contributed by atoms with van der Waals surface area (Å²) in [5, 5.41) is 34.1. The second-order valence-corrected chi connectivity index (χ2v) is 5.20. The van der Waals surface area contributed by atoms with Gasteiger partial charge in [-0.05, 0) is 18.1 Å². The molecule has 0 fully saturated rings. The van der Waals surface area contributed by atoms with Crippen molar-refractivity contribution in [3.8, 4) is 0 Å². The van der Waals surface area contributed by atoms with E-state index in [9.17, 15) is 0 Å². The Kier molecular flexibility index (Phi) is 11.5. The molecular formula is C8H21B2BrO4. The largest absolute Gasteiger partial charge is 0.457 e. The number of rotatable bonds is 4. The van der Waals surface area contributed by atoms with Crippen molar-refractivity contribution in [1.29, 1.82) is 0 Å². The zero-order valence-corrected chi connectivity index (χ0v) is 11.2. The van der Waals surface area contributed by atoms with Crippen LogP contribution in [0.3, 0.4) is 0 Å². The van der Waals surface area contributed by atoms with E-state index >= 15 is 0 Å². The lowest BCUT2D eigenvalue weighted by molar-refractivity contribution is 0.362. The van der Waals surface area contributed by atoms with E-state index in [2.05, 4.69) is 15.9 Å². The number of hydrogen-bond donors (Lipinski definition) is 4. The summed E-state index contributed by atoms with van der Waals surface area (Å²) in [5.41, 5.74) is 0. The lowest BCUT2D eigenvalue weighted by Crippen LogP contribution is -2.24. The number of hydrogen-bond acceptors (Lipinski definition) is 4. The van der Waals surface area contributed by atoms with Gasteiger partial charge < -0.3 is 20.1 Å². The molecule has 0 aliphatic heterocycles. The van der Waals surface area contributed by atoms with Gasteiger partial charge >= 0.3 is 14.2 Å². The molecule has 0 unspecified atom stereocenters. The van der Waals surface area contributed by atoms with Crippen molar-refractivity contribution < 1.29 is 20.1 Å². The predicted octanol–water partition coefficient (Wildman–Crippen LogP) is 0.894. The highest BCUT2D eigenvalue weighted by atomic mass is 79.9. The highest BCUT2D eigenvalue weighted by molar-refractivity contribution is 9.09. The van der Waals surface area contributed by atoms with Gasteiger partial charge in [-0.2, -0.15) is 0 Å². The van der Waals surface area contributed by atoms with Crippen LogP contribution in [0.1, 0.15) is 33.6 Å². The molecule has 0 spiro atoms. The Morgan fingerprint density at radius 1 is 1.00 bits per heavy atom. The van der Waals surface area contributed by atoms with Crippen LogP contribution < -0.4 is 0 Å². The first-order valence-corrected chi connectivity index (χ1v) is 6.12. The van der Waals surface area contributed by atoms with E-state index in [-0.39, 0.29) is 5.31 Å². The maximum absolute atomic E-state index is 8.44. The summed E-state index contributed by atoms with van der Waals surface area (Å²) in [7, 11) is -2.32. The van der Waals surface area contributed by atoms with Crippen LogP contribution in [0.25, 0.3) is 0 Å². The summed E-state index contributed by atoms with van der Waals surface area (Å²) in [5.74, 6) is 0. The molecule has 4 N–H and O–H groups in total. The van der Waals surface area contributed by atoms with Gasteiger partial charge in [-0.1, -0.05) is 43.1 Å². The zero-order valence-electron chi connectivity index (χ0n) is 9.65. The van der Waals surface area contributed by atoms with Gasteiger partial charge in [0.2, 0.25) is 0 Å². The first-order valence-electron chi connectivity index (χ1n) is 5.00. The number of halogens is 1. The third kappa shape index (κ3) is 17.1. The minimum Gasteiger partial charge on any atom is -0.427 e. The van der Waals surface area contributed by atoms with Crippen LogP contribution in [-0.4, -0.2) is 39.7 Å². The Labute approximate surface area is 101 Å². The summed E-state index contributed by atoms with van der Waals surface area (Å²) < 4.78 is 0. The van der Waals surface area contributed by atoms with Crippen molar-refractivity contribution in [2.24, 2.45) is 0 Å². The van der Waals surface area contributed by atoms with Gasteiger partial charge in [0.1, 0.15) is 0 Å². The third-order valence-electron chi connectivity index (χ3n) is 1.62. The van der Waals surface area contributed by atoms with Gasteiger partial charge in [0.15, 0.2) is 0 Å². The Morgan fingerprint density at radius 3 is 1.60 bits per heavy atom. The van der Waals surface area contributed by atoms with Crippen LogP contribution >= 0.6 is 15.9 Å². The first kappa shape index (κ1) is 17.8. The highest BCUT2D eigenvalue weighted by Gasteiger charge is 2.25. The van der Waals surface area contributed by atoms with Crippen LogP contribution in [-0.2, 0) is 0 Å². The molecule has 0 aliphatic rings. The summed E-state index contributed by atoms with van der Waals surface area (Å²) in [6.45, 7) is 5.28. The normalized spacial score (nSPS) is 10.4. The molecule has 0 bridgehead atoms. The fourth-order valence-corrected chi connectivity index (χ4v) is 0.818. The molecule has 0 aliphatic carbocycles. The standard InChI is InChI=1S/C4H10BBrO2.C4H11BO2/c6-4-2-1-3-5(7)8;1-4(2,3)5(6)7/h7-8H,1-4H2;6-7H,1-3H3. The van der Waals surface area contributed by atoms with E-state index in [0.717, 1.165) is 18.2 Å². The van der Waals surface area contributed by atoms with Gasteiger partial charge in [0.25, 0.3) is 0 Å². The molecule has 0 radical (unpaired) electrons. The third-order valence-corrected chi connectivity index (χ3v) is 2.18. The van der Waals surface area contributed by atoms with E-state index < -0.39 is 14.2 Å². The van der Waals surface area contributed by atoms with Gasteiger partial charge in [-0.15, -0.1) is 0 Å². The average molecular weight is 283 g/mol. The maximum atomic E-state index is 8.44. The lowest BCUT2D eigenvalue weighted by Gasteiger charge is -2.14. The van der Waals surface area contributed by atoms with Crippen molar-refractivity contribution in [3.05, 3.63) is 0 Å². The second-order valence-electron chi connectivity index (χ2n) is 4.41. The molecule has 7 heteroatoms. The monoisotopic (exact) mass is 282 g/mol. The molecule has 0 rings (SSSR count). The van der Waals surface area contributed by atoms with Crippen LogP contribution in [0, 0.1) is 0 Å². The van der Waals surface area contributed by atoms with Gasteiger partial charge in [-0.25, -0.2) is 0 Å². The van der Waals surface area contributed by atoms with Crippen molar-refractivity contribution in [2.45, 2.75) is 45.2 Å². The summed E-state index contributed by atoms with van der Waals surface area (Å²) in [6.07, 6.45) is 2.38. The fourth-order valence-electron chi connectivity index (χ4n) is 0.421. The van der Waals surface area contributed by atoms with Gasteiger partial charge in [0.05, 0.1) is 0 Å². The molecule has 0 saturated carbocycles. The smallest absolute Gasteiger partial charge is 0.427 e. The zero-order chi connectivity index (χ0) is 12.5. The minimum atomic E-state index is -1.20. The molecule has 0 amide bonds. The van der Waals surface area contributed by atoms with E-state index in [1.807, 2.05) is 0 Å². The predicted molar refractivity (Wildman–Crippen MR) is 67.9 cm³/mol. The van der Waals surface area contributed by atoms with Crippen LogP contribution in [0.5, 0.6) is 0 Å². The second kappa shape index (κ2) is 9.66. The quantitative estimate of drug-likeness (QED) is 0.351. The van der Waals surface area contributed by atoms with Crippen molar-refractivity contribution in [1.82, 2.24) is 0 Å². The lowest BCUT2D eigenvalue weighted by atomic mass is 9.62. The van der Waals surface area contributed by atoms with Crippen molar-refractivity contribution >= 4 is 30.2 Å². The van der Waals surface area contributed by atoms with Crippen molar-refractivity contribution in [3.63, 3.8) is 0 Å². The molecule has 0 heterocycles. The molecule has 0 atom stereocenters. The summed E-state index contributed by atoms with van der Waals surface area (Å²) >= 11 is 3.24. The SMILES string of the molecule is CC(C)(C)B(O)O.OB(O)CCCCBr. The average Bonchev–Trinajstić information content (AvgIpc) is 2.03. The van der Waals surface area contributed by atoms with E-state index in [0.29, 0.717) is 6.32 Å². The molecule has 0 aromatic rings. The molecule has 90 valence electrons. The van der Waals surface area contributed by atoms with E-state index in [1.54, 1.807) is 20.8 Å². The Hall–Kier alpha value is 0.450. The Morgan fingerprint density at radius 2 is 1.40 bits per heavy atom. The topological polar surface area (TPSA) is 80.9 Å². The molecule has 4 nitrogen and oxygen atoms in total. The molecule has 15 heavy (non-hydrogen) atoms. The van der Waals surface area contributed by atoms with E-state index in [4.69, 9.17) is 20.1 Å². The highest BCUT2D eigenvalue weighted by Crippen LogP contribution is 2.22. The minimum absolute atomic E-state index is 0.389. The molecular weight excluding hydrogens is 262 g/mol. The van der Waals surface area contributed by atoms with Crippen molar-refractivity contribution in [2.75, 3.05) is 5.33 Å². The van der Waals surface area contributed by atoms with Gasteiger partial charge in [-0.3, -0.25) is 0 Å².